The molecule has 32 heavy (non-hydrogen) atoms. The van der Waals surface area contributed by atoms with Crippen molar-refractivity contribution < 1.29 is 14.3 Å². The van der Waals surface area contributed by atoms with Gasteiger partial charge in [0.2, 0.25) is 5.88 Å². The van der Waals surface area contributed by atoms with Gasteiger partial charge >= 0.3 is 6.09 Å². The average Bonchev–Trinajstić information content (AvgIpc) is 3.12. The number of anilines is 3. The van der Waals surface area contributed by atoms with E-state index in [-0.39, 0.29) is 11.9 Å². The zero-order chi connectivity index (χ0) is 23.0. The lowest BCUT2D eigenvalue weighted by Gasteiger charge is -2.30. The van der Waals surface area contributed by atoms with Gasteiger partial charge in [-0.15, -0.1) is 11.3 Å². The van der Waals surface area contributed by atoms with Gasteiger partial charge in [0.05, 0.1) is 19.0 Å². The smallest absolute Gasteiger partial charge is 0.410 e. The van der Waals surface area contributed by atoms with Gasteiger partial charge in [0.1, 0.15) is 34.1 Å². The Morgan fingerprint density at radius 1 is 1.38 bits per heavy atom. The molecule has 0 aromatic carbocycles. The summed E-state index contributed by atoms with van der Waals surface area (Å²) in [5.41, 5.74) is 7.47. The molecule has 0 aliphatic carbocycles. The monoisotopic (exact) mass is 455 g/mol. The fourth-order valence-corrected chi connectivity index (χ4v) is 4.72. The van der Waals surface area contributed by atoms with Crippen molar-refractivity contribution in [3.8, 4) is 5.88 Å². The third kappa shape index (κ3) is 4.15. The van der Waals surface area contributed by atoms with E-state index in [0.717, 1.165) is 26.9 Å². The third-order valence-electron chi connectivity index (χ3n) is 4.94. The number of amides is 1. The molecule has 1 aliphatic heterocycles. The largest absolute Gasteiger partial charge is 0.479 e. The number of carbonyl (C=O) groups is 1. The maximum Gasteiger partial charge on any atom is 0.410 e. The number of methoxy groups -OCH3 is 1. The predicted octanol–water partition coefficient (Wildman–Crippen LogP) is 3.71. The van der Waals surface area contributed by atoms with E-state index in [9.17, 15) is 4.79 Å². The normalized spacial score (nSPS) is 13.6. The van der Waals surface area contributed by atoms with Crippen LogP contribution in [0.4, 0.5) is 22.1 Å². The summed E-state index contributed by atoms with van der Waals surface area (Å²) in [6.45, 7) is 6.59. The molecule has 0 spiro atoms. The van der Waals surface area contributed by atoms with Gasteiger partial charge in [-0.3, -0.25) is 0 Å². The molecule has 1 aliphatic rings. The van der Waals surface area contributed by atoms with Crippen LogP contribution in [-0.2, 0) is 17.7 Å². The number of carbonyl (C=O) groups excluding carboxylic acids is 1. The Balaban J connectivity index is 1.69. The Bertz CT molecular complexity index is 1200. The van der Waals surface area contributed by atoms with Gasteiger partial charge in [0.15, 0.2) is 0 Å². The van der Waals surface area contributed by atoms with Crippen molar-refractivity contribution in [2.45, 2.75) is 39.3 Å². The molecular formula is C21H25N7O3S. The highest BCUT2D eigenvalue weighted by Gasteiger charge is 2.29. The average molecular weight is 456 g/mol. The van der Waals surface area contributed by atoms with Crippen LogP contribution in [0.15, 0.2) is 12.4 Å². The summed E-state index contributed by atoms with van der Waals surface area (Å²) in [5, 5.41) is 11.7. The van der Waals surface area contributed by atoms with E-state index in [1.165, 1.54) is 13.4 Å². The maximum absolute atomic E-state index is 12.5. The second-order valence-corrected chi connectivity index (χ2v) is 9.43. The second-order valence-electron chi connectivity index (χ2n) is 8.35. The number of fused-ring (bicyclic) bond motifs is 3. The number of thiophene rings is 1. The van der Waals surface area contributed by atoms with Gasteiger partial charge in [-0.2, -0.15) is 4.98 Å². The number of hydrogen-bond donors (Lipinski definition) is 3. The SMILES string of the molecule is COc1nc(N)c(C=N)cc1Nc1ncnc2sc3c(c12)CCN(C(=O)OC(C)(C)C)C3. The molecule has 4 heterocycles. The van der Waals surface area contributed by atoms with Crippen LogP contribution >= 0.6 is 11.3 Å². The number of nitrogens with two attached hydrogens (primary N) is 1. The molecule has 0 unspecified atom stereocenters. The van der Waals surface area contributed by atoms with Gasteiger partial charge < -0.3 is 30.8 Å². The molecule has 1 amide bonds. The summed E-state index contributed by atoms with van der Waals surface area (Å²) in [6, 6.07) is 1.70. The minimum absolute atomic E-state index is 0.213. The number of aromatic nitrogens is 3. The van der Waals surface area contributed by atoms with Gasteiger partial charge in [-0.25, -0.2) is 14.8 Å². The van der Waals surface area contributed by atoms with E-state index < -0.39 is 5.60 Å². The fraction of sp³-hybridized carbons (Fsp3) is 0.381. The number of hydrogen-bond acceptors (Lipinski definition) is 10. The zero-order valence-electron chi connectivity index (χ0n) is 18.4. The van der Waals surface area contributed by atoms with Crippen molar-refractivity contribution in [3.63, 3.8) is 0 Å². The van der Waals surface area contributed by atoms with Gasteiger partial charge in [-0.05, 0) is 38.8 Å². The minimum atomic E-state index is -0.540. The van der Waals surface area contributed by atoms with Gasteiger partial charge in [0.25, 0.3) is 0 Å². The standard InChI is InChI=1S/C21H25N7O3S/c1-21(2,3)31-20(29)28-6-5-12-14(9-28)32-19-15(12)17(24-10-25-19)26-13-7-11(8-22)16(23)27-18(13)30-4/h7-8,10,22H,5-6,9H2,1-4H3,(H2,23,27)(H,24,25,26). The highest BCUT2D eigenvalue weighted by atomic mass is 32.1. The van der Waals surface area contributed by atoms with Crippen LogP contribution in [0.5, 0.6) is 5.88 Å². The second kappa shape index (κ2) is 8.23. The summed E-state index contributed by atoms with van der Waals surface area (Å²) in [7, 11) is 1.50. The van der Waals surface area contributed by atoms with Gasteiger partial charge in [-0.1, -0.05) is 0 Å². The molecule has 3 aromatic heterocycles. The van der Waals surface area contributed by atoms with Crippen LogP contribution in [0.2, 0.25) is 0 Å². The van der Waals surface area contributed by atoms with E-state index in [4.69, 9.17) is 20.6 Å². The summed E-state index contributed by atoms with van der Waals surface area (Å²) in [4.78, 5) is 29.2. The summed E-state index contributed by atoms with van der Waals surface area (Å²) < 4.78 is 10.9. The van der Waals surface area contributed by atoms with Crippen LogP contribution < -0.4 is 15.8 Å². The molecule has 10 nitrogen and oxygen atoms in total. The van der Waals surface area contributed by atoms with Crippen molar-refractivity contribution in [2.24, 2.45) is 0 Å². The lowest BCUT2D eigenvalue weighted by molar-refractivity contribution is 0.0227. The van der Waals surface area contributed by atoms with Crippen LogP contribution in [0.1, 0.15) is 36.8 Å². The van der Waals surface area contributed by atoms with E-state index >= 15 is 0 Å². The van der Waals surface area contributed by atoms with Crippen LogP contribution in [0.25, 0.3) is 10.2 Å². The first kappa shape index (κ1) is 21.8. The number of pyridine rings is 1. The fourth-order valence-electron chi connectivity index (χ4n) is 3.52. The highest BCUT2D eigenvalue weighted by molar-refractivity contribution is 7.19. The summed E-state index contributed by atoms with van der Waals surface area (Å²) in [6.07, 6.45) is 2.98. The molecule has 0 bridgehead atoms. The third-order valence-corrected chi connectivity index (χ3v) is 6.06. The van der Waals surface area contributed by atoms with Crippen LogP contribution in [-0.4, -0.2) is 51.4 Å². The van der Waals surface area contributed by atoms with E-state index in [0.29, 0.717) is 42.5 Å². The van der Waals surface area contributed by atoms with Crippen molar-refractivity contribution in [2.75, 3.05) is 24.7 Å². The lowest BCUT2D eigenvalue weighted by Crippen LogP contribution is -2.39. The molecule has 4 N–H and O–H groups in total. The Kier molecular flexibility index (Phi) is 5.59. The molecule has 0 saturated carbocycles. The predicted molar refractivity (Wildman–Crippen MR) is 124 cm³/mol. The summed E-state index contributed by atoms with van der Waals surface area (Å²) in [5.74, 6) is 1.13. The number of ether oxygens (including phenoxy) is 2. The molecule has 168 valence electrons. The number of nitrogens with zero attached hydrogens (tertiary/aromatic N) is 4. The van der Waals surface area contributed by atoms with Crippen molar-refractivity contribution in [1.82, 2.24) is 19.9 Å². The Labute approximate surface area is 189 Å². The van der Waals surface area contributed by atoms with E-state index in [1.807, 2.05) is 20.8 Å². The van der Waals surface area contributed by atoms with Crippen molar-refractivity contribution in [3.05, 3.63) is 28.4 Å². The topological polar surface area (TPSA) is 139 Å². The first-order valence-corrected chi connectivity index (χ1v) is 10.9. The molecule has 3 aromatic rings. The molecule has 4 rings (SSSR count). The molecular weight excluding hydrogens is 430 g/mol. The first-order chi connectivity index (χ1) is 15.2. The highest BCUT2D eigenvalue weighted by Crippen LogP contribution is 2.39. The molecule has 0 radical (unpaired) electrons. The molecule has 11 heteroatoms. The number of nitrogen functional groups attached to an aromatic ring is 1. The number of rotatable bonds is 4. The lowest BCUT2D eigenvalue weighted by atomic mass is 10.1. The minimum Gasteiger partial charge on any atom is -0.479 e. The summed E-state index contributed by atoms with van der Waals surface area (Å²) >= 11 is 1.54. The zero-order valence-corrected chi connectivity index (χ0v) is 19.2. The maximum atomic E-state index is 12.5. The van der Waals surface area contributed by atoms with E-state index in [2.05, 4.69) is 20.3 Å². The Hall–Kier alpha value is -3.47. The molecule has 0 atom stereocenters. The van der Waals surface area contributed by atoms with Gasteiger partial charge in [0, 0.05) is 23.2 Å². The van der Waals surface area contributed by atoms with Crippen LogP contribution in [0.3, 0.4) is 0 Å². The first-order valence-electron chi connectivity index (χ1n) is 10.1. The van der Waals surface area contributed by atoms with Crippen molar-refractivity contribution >= 4 is 51.2 Å². The number of nitrogens with one attached hydrogen (secondary N) is 2. The molecule has 0 saturated heterocycles. The Morgan fingerprint density at radius 2 is 2.16 bits per heavy atom. The van der Waals surface area contributed by atoms with E-state index in [1.54, 1.807) is 22.3 Å². The quantitative estimate of drug-likeness (QED) is 0.506. The Morgan fingerprint density at radius 3 is 2.84 bits per heavy atom. The van der Waals surface area contributed by atoms with Crippen LogP contribution in [0, 0.1) is 5.41 Å². The van der Waals surface area contributed by atoms with Crippen molar-refractivity contribution in [1.29, 1.82) is 5.41 Å². The molecule has 0 fully saturated rings.